The summed E-state index contributed by atoms with van der Waals surface area (Å²) in [5.74, 6) is 0.315. The van der Waals surface area contributed by atoms with Gasteiger partial charge >= 0.3 is 0 Å². The van der Waals surface area contributed by atoms with E-state index < -0.39 is 0 Å². The van der Waals surface area contributed by atoms with Crippen LogP contribution in [0.2, 0.25) is 0 Å². The van der Waals surface area contributed by atoms with Crippen molar-refractivity contribution in [3.05, 3.63) is 24.3 Å². The molecule has 1 aromatic carbocycles. The number of carbonyl (C=O) groups excluding carboxylic acids is 2. The van der Waals surface area contributed by atoms with Gasteiger partial charge in [-0.1, -0.05) is 12.8 Å². The molecule has 4 N–H and O–H groups in total. The fraction of sp³-hybridized carbons (Fsp3) is 0.529. The molecule has 5 nitrogen and oxygen atoms in total. The molecule has 5 heteroatoms. The zero-order valence-electron chi connectivity index (χ0n) is 12.9. The van der Waals surface area contributed by atoms with Gasteiger partial charge in [-0.15, -0.1) is 0 Å². The standard InChI is InChI=1S/C17H25N3O2/c18-12-4-2-1-3-5-16(21)19-14-8-10-15(11-9-14)20-17(22)13-6-7-13/h8-11,13H,1-7,12,18H2,(H,19,21)(H,20,22). The summed E-state index contributed by atoms with van der Waals surface area (Å²) in [4.78, 5) is 23.4. The summed E-state index contributed by atoms with van der Waals surface area (Å²) in [6.07, 6.45) is 6.55. The predicted octanol–water partition coefficient (Wildman–Crippen LogP) is 2.88. The van der Waals surface area contributed by atoms with Crippen LogP contribution in [0.15, 0.2) is 24.3 Å². The molecule has 1 aliphatic carbocycles. The van der Waals surface area contributed by atoms with E-state index >= 15 is 0 Å². The van der Waals surface area contributed by atoms with Crippen molar-refractivity contribution >= 4 is 23.2 Å². The molecule has 0 heterocycles. The zero-order valence-corrected chi connectivity index (χ0v) is 12.9. The van der Waals surface area contributed by atoms with Gasteiger partial charge in [0.25, 0.3) is 0 Å². The highest BCUT2D eigenvalue weighted by molar-refractivity contribution is 5.95. The van der Waals surface area contributed by atoms with Crippen LogP contribution in [0.5, 0.6) is 0 Å². The summed E-state index contributed by atoms with van der Waals surface area (Å²) in [6, 6.07) is 7.26. The van der Waals surface area contributed by atoms with Crippen molar-refractivity contribution < 1.29 is 9.59 Å². The van der Waals surface area contributed by atoms with Crippen LogP contribution in [0.25, 0.3) is 0 Å². The van der Waals surface area contributed by atoms with Gasteiger partial charge in [0.15, 0.2) is 0 Å². The van der Waals surface area contributed by atoms with Crippen LogP contribution in [0.1, 0.15) is 44.9 Å². The number of amides is 2. The van der Waals surface area contributed by atoms with Gasteiger partial charge in [-0.3, -0.25) is 9.59 Å². The molecule has 0 spiro atoms. The minimum atomic E-state index is 0.0301. The third-order valence-electron chi connectivity index (χ3n) is 3.74. The third-order valence-corrected chi connectivity index (χ3v) is 3.74. The summed E-state index contributed by atoms with van der Waals surface area (Å²) in [7, 11) is 0. The fourth-order valence-electron chi connectivity index (χ4n) is 2.23. The molecule has 1 saturated carbocycles. The molecule has 0 atom stereocenters. The van der Waals surface area contributed by atoms with Crippen LogP contribution < -0.4 is 16.4 Å². The van der Waals surface area contributed by atoms with Crippen molar-refractivity contribution in [1.82, 2.24) is 0 Å². The molecule has 0 bridgehead atoms. The van der Waals surface area contributed by atoms with E-state index in [4.69, 9.17) is 5.73 Å². The van der Waals surface area contributed by atoms with Crippen molar-refractivity contribution in [2.75, 3.05) is 17.2 Å². The molecule has 2 rings (SSSR count). The molecule has 22 heavy (non-hydrogen) atoms. The van der Waals surface area contributed by atoms with Gasteiger partial charge in [-0.2, -0.15) is 0 Å². The van der Waals surface area contributed by atoms with Crippen molar-refractivity contribution in [3.8, 4) is 0 Å². The summed E-state index contributed by atoms with van der Waals surface area (Å²) in [5.41, 5.74) is 6.96. The molecule has 1 aromatic rings. The van der Waals surface area contributed by atoms with E-state index in [-0.39, 0.29) is 17.7 Å². The van der Waals surface area contributed by atoms with Gasteiger partial charge < -0.3 is 16.4 Å². The Balaban J connectivity index is 1.68. The monoisotopic (exact) mass is 303 g/mol. The van der Waals surface area contributed by atoms with Gasteiger partial charge in [0.05, 0.1) is 0 Å². The van der Waals surface area contributed by atoms with Crippen molar-refractivity contribution in [2.45, 2.75) is 44.9 Å². The first-order valence-electron chi connectivity index (χ1n) is 8.10. The first kappa shape index (κ1) is 16.5. The Hall–Kier alpha value is -1.88. The minimum absolute atomic E-state index is 0.0301. The second kappa shape index (κ2) is 8.54. The Kier molecular flexibility index (Phi) is 6.40. The number of nitrogens with two attached hydrogens (primary N) is 1. The smallest absolute Gasteiger partial charge is 0.227 e. The number of nitrogens with one attached hydrogen (secondary N) is 2. The Morgan fingerprint density at radius 3 is 2.14 bits per heavy atom. The molecular weight excluding hydrogens is 278 g/mol. The van der Waals surface area contributed by atoms with Gasteiger partial charge in [-0.25, -0.2) is 0 Å². The topological polar surface area (TPSA) is 84.2 Å². The normalized spacial score (nSPS) is 13.7. The molecule has 0 radical (unpaired) electrons. The van der Waals surface area contributed by atoms with Gasteiger partial charge in [0, 0.05) is 23.7 Å². The first-order valence-corrected chi connectivity index (χ1v) is 8.10. The first-order chi connectivity index (χ1) is 10.7. The second-order valence-electron chi connectivity index (χ2n) is 5.84. The summed E-state index contributed by atoms with van der Waals surface area (Å²) < 4.78 is 0. The van der Waals surface area contributed by atoms with Gasteiger partial charge in [-0.05, 0) is 56.5 Å². The minimum Gasteiger partial charge on any atom is -0.330 e. The lowest BCUT2D eigenvalue weighted by atomic mass is 10.1. The molecular formula is C17H25N3O2. The highest BCUT2D eigenvalue weighted by atomic mass is 16.2. The molecule has 1 aliphatic rings. The fourth-order valence-corrected chi connectivity index (χ4v) is 2.23. The number of carbonyl (C=O) groups is 2. The number of hydrogen-bond acceptors (Lipinski definition) is 3. The van der Waals surface area contributed by atoms with E-state index in [9.17, 15) is 9.59 Å². The highest BCUT2D eigenvalue weighted by Crippen LogP contribution is 2.30. The van der Waals surface area contributed by atoms with Crippen LogP contribution in [-0.2, 0) is 9.59 Å². The quantitative estimate of drug-likeness (QED) is 0.613. The molecule has 0 aromatic heterocycles. The zero-order chi connectivity index (χ0) is 15.8. The molecule has 120 valence electrons. The molecule has 0 aliphatic heterocycles. The van der Waals surface area contributed by atoms with Crippen molar-refractivity contribution in [3.63, 3.8) is 0 Å². The Morgan fingerprint density at radius 2 is 1.55 bits per heavy atom. The van der Waals surface area contributed by atoms with Crippen molar-refractivity contribution in [1.29, 1.82) is 0 Å². The van der Waals surface area contributed by atoms with Crippen molar-refractivity contribution in [2.24, 2.45) is 11.7 Å². The number of unbranched alkanes of at least 4 members (excludes halogenated alkanes) is 3. The lowest BCUT2D eigenvalue weighted by Crippen LogP contribution is -2.14. The highest BCUT2D eigenvalue weighted by Gasteiger charge is 2.29. The molecule has 0 unspecified atom stereocenters. The van der Waals surface area contributed by atoms with E-state index in [1.165, 1.54) is 0 Å². The SMILES string of the molecule is NCCCCCCC(=O)Nc1ccc(NC(=O)C2CC2)cc1. The molecule has 0 saturated heterocycles. The maximum atomic E-state index is 11.8. The summed E-state index contributed by atoms with van der Waals surface area (Å²) in [6.45, 7) is 0.718. The Labute approximate surface area is 131 Å². The maximum absolute atomic E-state index is 11.8. The van der Waals surface area contributed by atoms with E-state index in [2.05, 4.69) is 10.6 Å². The average molecular weight is 303 g/mol. The van der Waals surface area contributed by atoms with E-state index in [1.807, 2.05) is 24.3 Å². The lowest BCUT2D eigenvalue weighted by molar-refractivity contribution is -0.117. The largest absolute Gasteiger partial charge is 0.330 e. The maximum Gasteiger partial charge on any atom is 0.227 e. The third kappa shape index (κ3) is 5.85. The van der Waals surface area contributed by atoms with Crippen LogP contribution in [0, 0.1) is 5.92 Å². The van der Waals surface area contributed by atoms with Crippen LogP contribution >= 0.6 is 0 Å². The van der Waals surface area contributed by atoms with Gasteiger partial charge in [0.2, 0.25) is 11.8 Å². The van der Waals surface area contributed by atoms with Crippen LogP contribution in [-0.4, -0.2) is 18.4 Å². The number of benzene rings is 1. The Bertz CT molecular complexity index is 495. The molecule has 2 amide bonds. The number of anilines is 2. The summed E-state index contributed by atoms with van der Waals surface area (Å²) >= 11 is 0. The van der Waals surface area contributed by atoms with Crippen LogP contribution in [0.4, 0.5) is 11.4 Å². The molecule has 1 fully saturated rings. The van der Waals surface area contributed by atoms with Crippen LogP contribution in [0.3, 0.4) is 0 Å². The predicted molar refractivity (Wildman–Crippen MR) is 88.6 cm³/mol. The lowest BCUT2D eigenvalue weighted by Gasteiger charge is -2.07. The number of rotatable bonds is 9. The average Bonchev–Trinajstić information content (AvgIpc) is 3.34. The Morgan fingerprint density at radius 1 is 0.955 bits per heavy atom. The van der Waals surface area contributed by atoms with E-state index in [1.54, 1.807) is 0 Å². The van der Waals surface area contributed by atoms with Gasteiger partial charge in [0.1, 0.15) is 0 Å². The summed E-state index contributed by atoms with van der Waals surface area (Å²) in [5, 5.41) is 5.75. The second-order valence-corrected chi connectivity index (χ2v) is 5.84. The van der Waals surface area contributed by atoms with E-state index in [0.717, 1.165) is 56.4 Å². The number of hydrogen-bond donors (Lipinski definition) is 3. The van der Waals surface area contributed by atoms with E-state index in [0.29, 0.717) is 6.42 Å².